The van der Waals surface area contributed by atoms with Gasteiger partial charge in [-0.1, -0.05) is 6.07 Å². The zero-order valence-corrected chi connectivity index (χ0v) is 16.9. The van der Waals surface area contributed by atoms with Crippen LogP contribution in [-0.4, -0.2) is 52.8 Å². The Morgan fingerprint density at radius 1 is 1.00 bits per heavy atom. The highest BCUT2D eigenvalue weighted by atomic mass is 16.5. The van der Waals surface area contributed by atoms with E-state index in [1.165, 1.54) is 21.3 Å². The van der Waals surface area contributed by atoms with E-state index in [9.17, 15) is 9.59 Å². The maximum absolute atomic E-state index is 12.8. The first-order valence-corrected chi connectivity index (χ1v) is 9.06. The molecule has 0 unspecified atom stereocenters. The predicted molar refractivity (Wildman–Crippen MR) is 107 cm³/mol. The minimum atomic E-state index is -0.324. The third-order valence-corrected chi connectivity index (χ3v) is 4.75. The minimum absolute atomic E-state index is 0.0616. The van der Waals surface area contributed by atoms with E-state index in [1.54, 1.807) is 30.2 Å². The van der Waals surface area contributed by atoms with Crippen molar-refractivity contribution in [2.45, 2.75) is 12.5 Å². The number of amides is 2. The summed E-state index contributed by atoms with van der Waals surface area (Å²) in [5.41, 5.74) is 1.09. The molecule has 1 atom stereocenters. The van der Waals surface area contributed by atoms with Crippen LogP contribution >= 0.6 is 0 Å². The van der Waals surface area contributed by atoms with Gasteiger partial charge in [-0.3, -0.25) is 9.59 Å². The highest BCUT2D eigenvalue weighted by Crippen LogP contribution is 2.38. The molecule has 3 rings (SSSR count). The zero-order chi connectivity index (χ0) is 21.0. The molecule has 0 spiro atoms. The number of ether oxygens (including phenoxy) is 4. The van der Waals surface area contributed by atoms with E-state index in [1.807, 2.05) is 18.2 Å². The number of carbonyl (C=O) groups excluding carboxylic acids is 2. The molecule has 0 aliphatic carbocycles. The normalized spacial score (nSPS) is 15.8. The molecule has 2 aromatic carbocycles. The highest BCUT2D eigenvalue weighted by molar-refractivity contribution is 5.99. The van der Waals surface area contributed by atoms with Gasteiger partial charge >= 0.3 is 0 Å². The maximum atomic E-state index is 12.8. The van der Waals surface area contributed by atoms with Crippen molar-refractivity contribution in [2.75, 3.05) is 39.9 Å². The summed E-state index contributed by atoms with van der Waals surface area (Å²) in [6.45, 7) is 0.377. The van der Waals surface area contributed by atoms with Crippen molar-refractivity contribution in [3.63, 3.8) is 0 Å². The van der Waals surface area contributed by atoms with Gasteiger partial charge in [0, 0.05) is 30.3 Å². The zero-order valence-electron chi connectivity index (χ0n) is 16.9. The number of methoxy groups -OCH3 is 4. The molecule has 29 heavy (non-hydrogen) atoms. The van der Waals surface area contributed by atoms with Gasteiger partial charge < -0.3 is 29.2 Å². The van der Waals surface area contributed by atoms with E-state index >= 15 is 0 Å². The van der Waals surface area contributed by atoms with Crippen molar-refractivity contribution < 1.29 is 28.5 Å². The lowest BCUT2D eigenvalue weighted by Gasteiger charge is -2.18. The van der Waals surface area contributed by atoms with E-state index in [0.29, 0.717) is 35.1 Å². The van der Waals surface area contributed by atoms with Gasteiger partial charge in [0.15, 0.2) is 11.5 Å². The third-order valence-electron chi connectivity index (χ3n) is 4.75. The molecule has 1 aliphatic heterocycles. The second-order valence-corrected chi connectivity index (χ2v) is 6.49. The van der Waals surface area contributed by atoms with Gasteiger partial charge in [0.1, 0.15) is 5.75 Å². The Morgan fingerprint density at radius 3 is 2.28 bits per heavy atom. The lowest BCUT2D eigenvalue weighted by molar-refractivity contribution is -0.117. The fraction of sp³-hybridized carbons (Fsp3) is 0.333. The minimum Gasteiger partial charge on any atom is -0.497 e. The van der Waals surface area contributed by atoms with Crippen LogP contribution in [0.3, 0.4) is 0 Å². The van der Waals surface area contributed by atoms with Crippen LogP contribution in [0.25, 0.3) is 0 Å². The predicted octanol–water partition coefficient (Wildman–Crippen LogP) is 2.26. The average molecular weight is 400 g/mol. The molecule has 1 saturated heterocycles. The highest BCUT2D eigenvalue weighted by Gasteiger charge is 2.32. The lowest BCUT2D eigenvalue weighted by atomic mass is 10.1. The Hall–Kier alpha value is -3.42. The molecule has 8 nitrogen and oxygen atoms in total. The second kappa shape index (κ2) is 8.72. The molecule has 2 amide bonds. The van der Waals surface area contributed by atoms with E-state index in [2.05, 4.69) is 5.32 Å². The van der Waals surface area contributed by atoms with Crippen LogP contribution in [0.1, 0.15) is 16.8 Å². The number of nitrogens with zero attached hydrogens (tertiary/aromatic N) is 1. The summed E-state index contributed by atoms with van der Waals surface area (Å²) >= 11 is 0. The summed E-state index contributed by atoms with van der Waals surface area (Å²) in [7, 11) is 6.05. The van der Waals surface area contributed by atoms with E-state index in [0.717, 1.165) is 5.69 Å². The van der Waals surface area contributed by atoms with Gasteiger partial charge in [-0.15, -0.1) is 0 Å². The van der Waals surface area contributed by atoms with Gasteiger partial charge in [-0.2, -0.15) is 0 Å². The van der Waals surface area contributed by atoms with Gasteiger partial charge in [0.05, 0.1) is 34.5 Å². The molecule has 1 N–H and O–H groups in total. The topological polar surface area (TPSA) is 86.3 Å². The van der Waals surface area contributed by atoms with Gasteiger partial charge in [-0.05, 0) is 24.3 Å². The average Bonchev–Trinajstić information content (AvgIpc) is 3.12. The Morgan fingerprint density at radius 2 is 1.69 bits per heavy atom. The monoisotopic (exact) mass is 400 g/mol. The standard InChI is InChI=1S/C21H24N2O6/c1-26-16-7-5-6-15(11-16)23-12-14(10-19(23)24)22-21(25)13-8-17(27-2)20(29-4)18(9-13)28-3/h5-9,11,14H,10,12H2,1-4H3,(H,22,25)/t14-/m1/s1. The summed E-state index contributed by atoms with van der Waals surface area (Å²) in [6.07, 6.45) is 0.216. The summed E-state index contributed by atoms with van der Waals surface area (Å²) in [6, 6.07) is 10.1. The largest absolute Gasteiger partial charge is 0.497 e. The molecule has 1 heterocycles. The number of hydrogen-bond donors (Lipinski definition) is 1. The molecule has 0 saturated carbocycles. The van der Waals surface area contributed by atoms with Crippen LogP contribution in [-0.2, 0) is 4.79 Å². The van der Waals surface area contributed by atoms with Crippen molar-refractivity contribution in [3.8, 4) is 23.0 Å². The first-order chi connectivity index (χ1) is 14.0. The quantitative estimate of drug-likeness (QED) is 0.767. The van der Waals surface area contributed by atoms with Crippen molar-refractivity contribution in [3.05, 3.63) is 42.0 Å². The third kappa shape index (κ3) is 4.21. The molecule has 154 valence electrons. The Bertz CT molecular complexity index is 889. The fourth-order valence-electron chi connectivity index (χ4n) is 3.31. The summed E-state index contributed by atoms with van der Waals surface area (Å²) < 4.78 is 21.1. The van der Waals surface area contributed by atoms with Crippen LogP contribution in [0.4, 0.5) is 5.69 Å². The summed E-state index contributed by atoms with van der Waals surface area (Å²) in [5.74, 6) is 1.46. The molecule has 0 aromatic heterocycles. The van der Waals surface area contributed by atoms with Gasteiger partial charge in [-0.25, -0.2) is 0 Å². The van der Waals surface area contributed by atoms with Crippen molar-refractivity contribution in [2.24, 2.45) is 0 Å². The van der Waals surface area contributed by atoms with E-state index in [-0.39, 0.29) is 24.3 Å². The number of anilines is 1. The van der Waals surface area contributed by atoms with Crippen LogP contribution in [0.15, 0.2) is 36.4 Å². The van der Waals surface area contributed by atoms with Crippen molar-refractivity contribution in [1.29, 1.82) is 0 Å². The Kier molecular flexibility index (Phi) is 6.11. The number of rotatable bonds is 7. The fourth-order valence-corrected chi connectivity index (χ4v) is 3.31. The summed E-state index contributed by atoms with van der Waals surface area (Å²) in [5, 5.41) is 2.91. The Labute approximate surface area is 169 Å². The molecule has 1 aliphatic rings. The first-order valence-electron chi connectivity index (χ1n) is 9.06. The number of hydrogen-bond acceptors (Lipinski definition) is 6. The van der Waals surface area contributed by atoms with E-state index < -0.39 is 0 Å². The number of carbonyl (C=O) groups is 2. The summed E-state index contributed by atoms with van der Waals surface area (Å²) in [4.78, 5) is 26.9. The first kappa shape index (κ1) is 20.3. The van der Waals surface area contributed by atoms with Gasteiger partial charge in [0.25, 0.3) is 5.91 Å². The van der Waals surface area contributed by atoms with E-state index in [4.69, 9.17) is 18.9 Å². The maximum Gasteiger partial charge on any atom is 0.251 e. The van der Waals surface area contributed by atoms with Crippen LogP contribution < -0.4 is 29.2 Å². The number of nitrogens with one attached hydrogen (secondary N) is 1. The SMILES string of the molecule is COc1cccc(N2C[C@H](NC(=O)c3cc(OC)c(OC)c(OC)c3)CC2=O)c1. The van der Waals surface area contributed by atoms with Crippen LogP contribution in [0, 0.1) is 0 Å². The van der Waals surface area contributed by atoms with Crippen LogP contribution in [0.5, 0.6) is 23.0 Å². The van der Waals surface area contributed by atoms with Gasteiger partial charge in [0.2, 0.25) is 11.7 Å². The molecule has 8 heteroatoms. The number of benzene rings is 2. The second-order valence-electron chi connectivity index (χ2n) is 6.49. The molecule has 2 aromatic rings. The molecular weight excluding hydrogens is 376 g/mol. The molecular formula is C21H24N2O6. The van der Waals surface area contributed by atoms with Crippen molar-refractivity contribution in [1.82, 2.24) is 5.32 Å². The Balaban J connectivity index is 1.75. The molecule has 1 fully saturated rings. The van der Waals surface area contributed by atoms with Crippen molar-refractivity contribution >= 4 is 17.5 Å². The molecule has 0 bridgehead atoms. The smallest absolute Gasteiger partial charge is 0.251 e. The lowest BCUT2D eigenvalue weighted by Crippen LogP contribution is -2.37. The molecule has 0 radical (unpaired) electrons. The van der Waals surface area contributed by atoms with Crippen LogP contribution in [0.2, 0.25) is 0 Å².